The highest BCUT2D eigenvalue weighted by atomic mass is 16.5. The number of fused-ring (bicyclic) bond motifs is 2. The van der Waals surface area contributed by atoms with Crippen LogP contribution in [0.1, 0.15) is 39.1 Å². The Hall–Kier alpha value is -4.66. The zero-order valence-electron chi connectivity index (χ0n) is 20.9. The minimum absolute atomic E-state index is 0.0685. The summed E-state index contributed by atoms with van der Waals surface area (Å²) in [6, 6.07) is 19.5. The minimum atomic E-state index is -0.336. The highest BCUT2D eigenvalue weighted by molar-refractivity contribution is 6.21. The van der Waals surface area contributed by atoms with E-state index in [-0.39, 0.29) is 43.2 Å². The number of carbonyl (C=O) groups excluding carboxylic acids is 4. The van der Waals surface area contributed by atoms with Gasteiger partial charge in [-0.25, -0.2) is 0 Å². The molecule has 0 aromatic heterocycles. The van der Waals surface area contributed by atoms with E-state index in [0.717, 1.165) is 11.3 Å². The second kappa shape index (κ2) is 10.8. The summed E-state index contributed by atoms with van der Waals surface area (Å²) in [4.78, 5) is 52.9. The monoisotopic (exact) mass is 513 g/mol. The van der Waals surface area contributed by atoms with Gasteiger partial charge in [0.05, 0.1) is 23.4 Å². The molecule has 0 saturated heterocycles. The topological polar surface area (TPSA) is 105 Å². The zero-order valence-corrected chi connectivity index (χ0v) is 20.9. The highest BCUT2D eigenvalue weighted by Crippen LogP contribution is 2.34. The van der Waals surface area contributed by atoms with Gasteiger partial charge in [0.2, 0.25) is 5.91 Å². The molecule has 0 aliphatic carbocycles. The van der Waals surface area contributed by atoms with Crippen LogP contribution in [-0.4, -0.2) is 54.8 Å². The predicted octanol–water partition coefficient (Wildman–Crippen LogP) is 3.81. The lowest BCUT2D eigenvalue weighted by Gasteiger charge is -2.29. The third-order valence-electron chi connectivity index (χ3n) is 6.42. The molecule has 0 unspecified atom stereocenters. The summed E-state index contributed by atoms with van der Waals surface area (Å²) in [6.07, 6.45) is 0.445. The fraction of sp³-hybridized carbons (Fsp3) is 0.241. The van der Waals surface area contributed by atoms with E-state index in [1.165, 1.54) is 4.90 Å². The van der Waals surface area contributed by atoms with Crippen LogP contribution in [0.2, 0.25) is 0 Å². The largest absolute Gasteiger partial charge is 0.492 e. The second-order valence-electron chi connectivity index (χ2n) is 9.14. The van der Waals surface area contributed by atoms with Crippen molar-refractivity contribution in [1.29, 1.82) is 0 Å². The molecule has 2 aliphatic rings. The standard InChI is InChI=1S/C29H27N3O6/c1-19-6-4-7-21(16-19)37-15-14-31-24-17-20(11-12-25(24)38-18-27(31)34)30-26(33)10-5-13-32-28(35)22-8-2-3-9-23(22)29(32)36/h2-4,6-9,11-12,16-17H,5,10,13-15,18H2,1H3,(H,30,33). The first kappa shape index (κ1) is 25.0. The summed E-state index contributed by atoms with van der Waals surface area (Å²) < 4.78 is 11.4. The van der Waals surface area contributed by atoms with Gasteiger partial charge < -0.3 is 19.7 Å². The van der Waals surface area contributed by atoms with E-state index < -0.39 is 0 Å². The number of hydrogen-bond acceptors (Lipinski definition) is 6. The van der Waals surface area contributed by atoms with Crippen molar-refractivity contribution < 1.29 is 28.7 Å². The summed E-state index contributed by atoms with van der Waals surface area (Å²) in [5.41, 5.74) is 2.93. The SMILES string of the molecule is Cc1cccc(OCCN2C(=O)COc3ccc(NC(=O)CCCN4C(=O)c5ccccc5C4=O)cc32)c1. The molecule has 9 nitrogen and oxygen atoms in total. The number of imide groups is 1. The van der Waals surface area contributed by atoms with Crippen molar-refractivity contribution in [2.45, 2.75) is 19.8 Å². The van der Waals surface area contributed by atoms with Gasteiger partial charge >= 0.3 is 0 Å². The lowest BCUT2D eigenvalue weighted by molar-refractivity contribution is -0.121. The molecule has 3 aromatic carbocycles. The first-order valence-electron chi connectivity index (χ1n) is 12.4. The van der Waals surface area contributed by atoms with Gasteiger partial charge in [-0.3, -0.25) is 24.1 Å². The molecule has 38 heavy (non-hydrogen) atoms. The van der Waals surface area contributed by atoms with Crippen LogP contribution in [0.25, 0.3) is 0 Å². The molecule has 3 aromatic rings. The second-order valence-corrected chi connectivity index (χ2v) is 9.14. The van der Waals surface area contributed by atoms with E-state index in [9.17, 15) is 19.2 Å². The van der Waals surface area contributed by atoms with Crippen LogP contribution < -0.4 is 19.7 Å². The minimum Gasteiger partial charge on any atom is -0.492 e. The summed E-state index contributed by atoms with van der Waals surface area (Å²) in [6.45, 7) is 2.68. The van der Waals surface area contributed by atoms with Gasteiger partial charge in [0.25, 0.3) is 17.7 Å². The Labute approximate surface area is 219 Å². The van der Waals surface area contributed by atoms with E-state index >= 15 is 0 Å². The number of nitrogens with zero attached hydrogens (tertiary/aromatic N) is 2. The number of carbonyl (C=O) groups is 4. The molecule has 0 saturated carbocycles. The Morgan fingerprint density at radius 1 is 0.921 bits per heavy atom. The summed E-state index contributed by atoms with van der Waals surface area (Å²) in [5.74, 6) is 0.138. The first-order chi connectivity index (χ1) is 18.4. The number of hydrogen-bond donors (Lipinski definition) is 1. The maximum Gasteiger partial charge on any atom is 0.265 e. The van der Waals surface area contributed by atoms with Crippen LogP contribution in [0.15, 0.2) is 66.7 Å². The molecule has 194 valence electrons. The third-order valence-corrected chi connectivity index (χ3v) is 6.42. The lowest BCUT2D eigenvalue weighted by Crippen LogP contribution is -2.41. The fourth-order valence-corrected chi connectivity index (χ4v) is 4.55. The molecule has 5 rings (SSSR count). The highest BCUT2D eigenvalue weighted by Gasteiger charge is 2.34. The van der Waals surface area contributed by atoms with Crippen LogP contribution >= 0.6 is 0 Å². The van der Waals surface area contributed by atoms with Crippen LogP contribution in [0, 0.1) is 6.92 Å². The average molecular weight is 514 g/mol. The van der Waals surface area contributed by atoms with Crippen molar-refractivity contribution in [3.63, 3.8) is 0 Å². The third kappa shape index (κ3) is 5.22. The molecule has 0 fully saturated rings. The van der Waals surface area contributed by atoms with Gasteiger partial charge in [-0.1, -0.05) is 24.3 Å². The molecular formula is C29H27N3O6. The molecule has 2 aliphatic heterocycles. The number of rotatable bonds is 9. The van der Waals surface area contributed by atoms with Gasteiger partial charge in [0.15, 0.2) is 6.61 Å². The van der Waals surface area contributed by atoms with Crippen LogP contribution in [0.5, 0.6) is 11.5 Å². The molecule has 0 spiro atoms. The van der Waals surface area contributed by atoms with Gasteiger partial charge in [0.1, 0.15) is 18.1 Å². The van der Waals surface area contributed by atoms with Crippen molar-refractivity contribution in [3.05, 3.63) is 83.4 Å². The van der Waals surface area contributed by atoms with Crippen LogP contribution in [0.4, 0.5) is 11.4 Å². The van der Waals surface area contributed by atoms with Crippen molar-refractivity contribution in [1.82, 2.24) is 4.90 Å². The number of benzene rings is 3. The van der Waals surface area contributed by atoms with E-state index in [4.69, 9.17) is 9.47 Å². The summed E-state index contributed by atoms with van der Waals surface area (Å²) in [5, 5.41) is 2.83. The Bertz CT molecular complexity index is 1380. The van der Waals surface area contributed by atoms with Gasteiger partial charge in [-0.2, -0.15) is 0 Å². The normalized spacial score (nSPS) is 14.2. The number of nitrogens with one attached hydrogen (secondary N) is 1. The predicted molar refractivity (Wildman–Crippen MR) is 141 cm³/mol. The van der Waals surface area contributed by atoms with E-state index in [2.05, 4.69) is 5.32 Å². The van der Waals surface area contributed by atoms with Crippen molar-refractivity contribution >= 4 is 35.0 Å². The number of amides is 4. The number of anilines is 2. The van der Waals surface area contributed by atoms with Crippen LogP contribution in [0.3, 0.4) is 0 Å². The maximum atomic E-state index is 12.6. The first-order valence-corrected chi connectivity index (χ1v) is 12.4. The van der Waals surface area contributed by atoms with Gasteiger partial charge in [-0.15, -0.1) is 0 Å². The Morgan fingerprint density at radius 2 is 1.68 bits per heavy atom. The lowest BCUT2D eigenvalue weighted by atomic mass is 10.1. The molecule has 4 amide bonds. The fourth-order valence-electron chi connectivity index (χ4n) is 4.55. The smallest absolute Gasteiger partial charge is 0.265 e. The number of aryl methyl sites for hydroxylation is 1. The Kier molecular flexibility index (Phi) is 7.08. The molecule has 0 radical (unpaired) electrons. The van der Waals surface area contributed by atoms with E-state index in [1.54, 1.807) is 47.4 Å². The van der Waals surface area contributed by atoms with E-state index in [1.807, 2.05) is 31.2 Å². The van der Waals surface area contributed by atoms with Gasteiger partial charge in [0, 0.05) is 18.7 Å². The van der Waals surface area contributed by atoms with Crippen molar-refractivity contribution in [2.75, 3.05) is 36.5 Å². The van der Waals surface area contributed by atoms with Crippen molar-refractivity contribution in [2.24, 2.45) is 0 Å². The zero-order chi connectivity index (χ0) is 26.6. The molecule has 2 heterocycles. The Balaban J connectivity index is 1.16. The van der Waals surface area contributed by atoms with E-state index in [0.29, 0.717) is 47.8 Å². The maximum absolute atomic E-state index is 12.6. The molecule has 0 atom stereocenters. The summed E-state index contributed by atoms with van der Waals surface area (Å²) >= 11 is 0. The number of ether oxygens (including phenoxy) is 2. The molecule has 9 heteroatoms. The summed E-state index contributed by atoms with van der Waals surface area (Å²) in [7, 11) is 0. The Morgan fingerprint density at radius 3 is 2.42 bits per heavy atom. The average Bonchev–Trinajstić information content (AvgIpc) is 3.15. The van der Waals surface area contributed by atoms with Crippen molar-refractivity contribution in [3.8, 4) is 11.5 Å². The molecule has 1 N–H and O–H groups in total. The quantitative estimate of drug-likeness (QED) is 0.436. The molecular weight excluding hydrogens is 486 g/mol. The molecule has 0 bridgehead atoms. The van der Waals surface area contributed by atoms with Gasteiger partial charge in [-0.05, 0) is 61.4 Å². The van der Waals surface area contributed by atoms with Crippen LogP contribution in [-0.2, 0) is 9.59 Å².